The third kappa shape index (κ3) is 5.09. The van der Waals surface area contributed by atoms with Crippen LogP contribution in [0.3, 0.4) is 0 Å². The molecule has 0 bridgehead atoms. The minimum atomic E-state index is -0.544. The van der Waals surface area contributed by atoms with Gasteiger partial charge in [0.1, 0.15) is 11.6 Å². The molecular formula is C11H14ClF2N. The SMILES string of the molecule is CC(Cl)CCNCc1cc(F)cc(F)c1. The Morgan fingerprint density at radius 1 is 1.27 bits per heavy atom. The molecule has 15 heavy (non-hydrogen) atoms. The average Bonchev–Trinajstić information content (AvgIpc) is 2.10. The van der Waals surface area contributed by atoms with Crippen LogP contribution in [0.25, 0.3) is 0 Å². The first-order valence-electron chi connectivity index (χ1n) is 4.87. The highest BCUT2D eigenvalue weighted by Crippen LogP contribution is 2.07. The molecule has 4 heteroatoms. The Morgan fingerprint density at radius 3 is 2.40 bits per heavy atom. The first-order valence-corrected chi connectivity index (χ1v) is 5.31. The molecule has 0 aliphatic heterocycles. The van der Waals surface area contributed by atoms with Gasteiger partial charge in [-0.1, -0.05) is 0 Å². The molecule has 1 aromatic carbocycles. The summed E-state index contributed by atoms with van der Waals surface area (Å²) in [6.07, 6.45) is 0.833. The molecule has 0 aliphatic carbocycles. The van der Waals surface area contributed by atoms with E-state index in [-0.39, 0.29) is 5.38 Å². The first-order chi connectivity index (χ1) is 7.08. The highest BCUT2D eigenvalue weighted by molar-refractivity contribution is 6.20. The van der Waals surface area contributed by atoms with Crippen LogP contribution < -0.4 is 5.32 Å². The number of alkyl halides is 1. The van der Waals surface area contributed by atoms with Crippen molar-refractivity contribution in [3.8, 4) is 0 Å². The second-order valence-electron chi connectivity index (χ2n) is 3.52. The number of halogens is 3. The number of nitrogens with one attached hydrogen (secondary N) is 1. The first kappa shape index (κ1) is 12.4. The molecule has 0 spiro atoms. The van der Waals surface area contributed by atoms with Gasteiger partial charge in [-0.2, -0.15) is 0 Å². The average molecular weight is 234 g/mol. The minimum Gasteiger partial charge on any atom is -0.313 e. The summed E-state index contributed by atoms with van der Waals surface area (Å²) in [6, 6.07) is 3.50. The van der Waals surface area contributed by atoms with Gasteiger partial charge >= 0.3 is 0 Å². The molecule has 0 aromatic heterocycles. The van der Waals surface area contributed by atoms with E-state index < -0.39 is 11.6 Å². The van der Waals surface area contributed by atoms with E-state index in [2.05, 4.69) is 5.32 Å². The number of hydrogen-bond donors (Lipinski definition) is 1. The van der Waals surface area contributed by atoms with Crippen molar-refractivity contribution in [1.82, 2.24) is 5.32 Å². The van der Waals surface area contributed by atoms with Gasteiger partial charge in [-0.3, -0.25) is 0 Å². The Kier molecular flexibility index (Phi) is 4.99. The Morgan fingerprint density at radius 2 is 1.87 bits per heavy atom. The van der Waals surface area contributed by atoms with E-state index in [1.165, 1.54) is 12.1 Å². The van der Waals surface area contributed by atoms with Crippen LogP contribution in [0, 0.1) is 11.6 Å². The molecule has 0 amide bonds. The van der Waals surface area contributed by atoms with E-state index in [0.717, 1.165) is 19.0 Å². The quantitative estimate of drug-likeness (QED) is 0.609. The predicted octanol–water partition coefficient (Wildman–Crippen LogP) is 3.07. The van der Waals surface area contributed by atoms with Crippen LogP contribution in [-0.4, -0.2) is 11.9 Å². The molecule has 1 N–H and O–H groups in total. The van der Waals surface area contributed by atoms with Gasteiger partial charge in [0, 0.05) is 18.0 Å². The van der Waals surface area contributed by atoms with Crippen molar-refractivity contribution in [3.05, 3.63) is 35.4 Å². The van der Waals surface area contributed by atoms with Gasteiger partial charge < -0.3 is 5.32 Å². The van der Waals surface area contributed by atoms with Crippen molar-refractivity contribution in [3.63, 3.8) is 0 Å². The summed E-state index contributed by atoms with van der Waals surface area (Å²) in [4.78, 5) is 0. The maximum atomic E-state index is 12.8. The predicted molar refractivity (Wildman–Crippen MR) is 58.0 cm³/mol. The normalized spacial score (nSPS) is 12.8. The lowest BCUT2D eigenvalue weighted by Crippen LogP contribution is -2.17. The third-order valence-electron chi connectivity index (χ3n) is 1.97. The van der Waals surface area contributed by atoms with Crippen molar-refractivity contribution in [2.24, 2.45) is 0 Å². The maximum Gasteiger partial charge on any atom is 0.126 e. The van der Waals surface area contributed by atoms with Crippen molar-refractivity contribution in [2.45, 2.75) is 25.3 Å². The van der Waals surface area contributed by atoms with Gasteiger partial charge in [0.15, 0.2) is 0 Å². The Bertz CT molecular complexity index is 295. The highest BCUT2D eigenvalue weighted by Gasteiger charge is 2.00. The van der Waals surface area contributed by atoms with Crippen LogP contribution in [0.1, 0.15) is 18.9 Å². The molecule has 0 heterocycles. The molecule has 1 aromatic rings. The van der Waals surface area contributed by atoms with Crippen LogP contribution in [-0.2, 0) is 6.54 Å². The van der Waals surface area contributed by atoms with Crippen molar-refractivity contribution in [1.29, 1.82) is 0 Å². The molecule has 1 nitrogen and oxygen atoms in total. The number of hydrogen-bond acceptors (Lipinski definition) is 1. The zero-order valence-corrected chi connectivity index (χ0v) is 9.32. The summed E-state index contributed by atoms with van der Waals surface area (Å²) in [5.41, 5.74) is 0.606. The Labute approximate surface area is 93.4 Å². The van der Waals surface area contributed by atoms with Gasteiger partial charge in [0.05, 0.1) is 0 Å². The van der Waals surface area contributed by atoms with E-state index in [1.54, 1.807) is 0 Å². The van der Waals surface area contributed by atoms with E-state index >= 15 is 0 Å². The summed E-state index contributed by atoms with van der Waals surface area (Å²) < 4.78 is 25.6. The van der Waals surface area contributed by atoms with E-state index in [0.29, 0.717) is 12.1 Å². The third-order valence-corrected chi connectivity index (χ3v) is 2.19. The maximum absolute atomic E-state index is 12.8. The summed E-state index contributed by atoms with van der Waals surface area (Å²) in [6.45, 7) is 3.10. The van der Waals surface area contributed by atoms with E-state index in [1.807, 2.05) is 6.92 Å². The van der Waals surface area contributed by atoms with Crippen LogP contribution in [0.5, 0.6) is 0 Å². The molecule has 0 fully saturated rings. The molecule has 0 aliphatic rings. The lowest BCUT2D eigenvalue weighted by atomic mass is 10.2. The van der Waals surface area contributed by atoms with Crippen LogP contribution >= 0.6 is 11.6 Å². The zero-order chi connectivity index (χ0) is 11.3. The second kappa shape index (κ2) is 6.03. The molecule has 0 saturated carbocycles. The summed E-state index contributed by atoms with van der Waals surface area (Å²) in [5, 5.41) is 3.18. The number of rotatable bonds is 5. The summed E-state index contributed by atoms with van der Waals surface area (Å²) >= 11 is 5.75. The van der Waals surface area contributed by atoms with Crippen LogP contribution in [0.4, 0.5) is 8.78 Å². The zero-order valence-electron chi connectivity index (χ0n) is 8.56. The Balaban J connectivity index is 2.37. The largest absolute Gasteiger partial charge is 0.313 e. The van der Waals surface area contributed by atoms with Crippen molar-refractivity contribution < 1.29 is 8.78 Å². The van der Waals surface area contributed by atoms with Gasteiger partial charge in [-0.05, 0) is 37.6 Å². The second-order valence-corrected chi connectivity index (χ2v) is 4.27. The van der Waals surface area contributed by atoms with Crippen molar-refractivity contribution in [2.75, 3.05) is 6.54 Å². The van der Waals surface area contributed by atoms with E-state index in [9.17, 15) is 8.78 Å². The van der Waals surface area contributed by atoms with Gasteiger partial charge in [-0.25, -0.2) is 8.78 Å². The summed E-state index contributed by atoms with van der Waals surface area (Å²) in [7, 11) is 0. The van der Waals surface area contributed by atoms with E-state index in [4.69, 9.17) is 11.6 Å². The Hall–Kier alpha value is -0.670. The molecule has 84 valence electrons. The fourth-order valence-electron chi connectivity index (χ4n) is 1.25. The van der Waals surface area contributed by atoms with Crippen molar-refractivity contribution >= 4 is 11.6 Å². The topological polar surface area (TPSA) is 12.0 Å². The molecule has 0 saturated heterocycles. The lowest BCUT2D eigenvalue weighted by molar-refractivity contribution is 0.573. The standard InChI is InChI=1S/C11H14ClF2N/c1-8(12)2-3-15-7-9-4-10(13)6-11(14)5-9/h4-6,8,15H,2-3,7H2,1H3. The lowest BCUT2D eigenvalue weighted by Gasteiger charge is -2.06. The minimum absolute atomic E-state index is 0.113. The molecule has 1 atom stereocenters. The molecule has 1 unspecified atom stereocenters. The molecule has 1 rings (SSSR count). The van der Waals surface area contributed by atoms with Crippen LogP contribution in [0.15, 0.2) is 18.2 Å². The van der Waals surface area contributed by atoms with Gasteiger partial charge in [0.2, 0.25) is 0 Å². The van der Waals surface area contributed by atoms with Crippen LogP contribution in [0.2, 0.25) is 0 Å². The van der Waals surface area contributed by atoms with Gasteiger partial charge in [0.25, 0.3) is 0 Å². The molecule has 0 radical (unpaired) electrons. The van der Waals surface area contributed by atoms with Gasteiger partial charge in [-0.15, -0.1) is 11.6 Å². The monoisotopic (exact) mass is 233 g/mol. The number of benzene rings is 1. The fourth-order valence-corrected chi connectivity index (χ4v) is 1.36. The fraction of sp³-hybridized carbons (Fsp3) is 0.455. The smallest absolute Gasteiger partial charge is 0.126 e. The highest BCUT2D eigenvalue weighted by atomic mass is 35.5. The molecular weight excluding hydrogens is 220 g/mol. The summed E-state index contributed by atoms with van der Waals surface area (Å²) in [5.74, 6) is -1.09.